The highest BCUT2D eigenvalue weighted by atomic mass is 14.9. The van der Waals surface area contributed by atoms with Crippen LogP contribution in [0.25, 0.3) is 33.9 Å². The smallest absolute Gasteiger partial charge is 0.159 e. The Morgan fingerprint density at radius 2 is 1.29 bits per heavy atom. The molecule has 0 N–H and O–H groups in total. The largest absolute Gasteiger partial charge is 0.265 e. The van der Waals surface area contributed by atoms with E-state index in [-0.39, 0.29) is 0 Å². The molecule has 114 valence electrons. The molecule has 0 saturated carbocycles. The van der Waals surface area contributed by atoms with Crippen LogP contribution in [0.2, 0.25) is 0 Å². The number of hydrogen-bond acceptors (Lipinski definition) is 6. The second-order valence-electron chi connectivity index (χ2n) is 5.02. The van der Waals surface area contributed by atoms with Crippen molar-refractivity contribution in [2.24, 2.45) is 0 Å². The van der Waals surface area contributed by atoms with Crippen molar-refractivity contribution in [2.45, 2.75) is 0 Å². The van der Waals surface area contributed by atoms with E-state index in [0.29, 0.717) is 5.82 Å². The quantitative estimate of drug-likeness (QED) is 0.578. The summed E-state index contributed by atoms with van der Waals surface area (Å²) in [7, 11) is 0. The van der Waals surface area contributed by atoms with Crippen molar-refractivity contribution in [3.05, 3.63) is 73.8 Å². The molecule has 0 atom stereocenters. The van der Waals surface area contributed by atoms with E-state index in [4.69, 9.17) is 4.98 Å². The molecule has 4 aromatic heterocycles. The summed E-state index contributed by atoms with van der Waals surface area (Å²) in [6.45, 7) is 0. The second-order valence-corrected chi connectivity index (χ2v) is 5.02. The number of pyridine rings is 2. The predicted octanol–water partition coefficient (Wildman–Crippen LogP) is 3.06. The van der Waals surface area contributed by atoms with E-state index in [1.54, 1.807) is 37.2 Å². The predicted molar refractivity (Wildman–Crippen MR) is 89.5 cm³/mol. The van der Waals surface area contributed by atoms with Gasteiger partial charge < -0.3 is 0 Å². The van der Waals surface area contributed by atoms with E-state index >= 15 is 0 Å². The van der Waals surface area contributed by atoms with Crippen LogP contribution in [0.1, 0.15) is 0 Å². The molecule has 4 aromatic rings. The lowest BCUT2D eigenvalue weighted by atomic mass is 10.1. The van der Waals surface area contributed by atoms with E-state index in [1.165, 1.54) is 6.33 Å². The van der Waals surface area contributed by atoms with Gasteiger partial charge in [-0.2, -0.15) is 0 Å². The zero-order valence-corrected chi connectivity index (χ0v) is 12.6. The van der Waals surface area contributed by atoms with Crippen molar-refractivity contribution in [1.82, 2.24) is 29.9 Å². The molecule has 0 saturated heterocycles. The molecule has 24 heavy (non-hydrogen) atoms. The molecule has 4 rings (SSSR count). The first-order chi connectivity index (χ1) is 11.9. The summed E-state index contributed by atoms with van der Waals surface area (Å²) in [5.74, 6) is 0.641. The van der Waals surface area contributed by atoms with Crippen molar-refractivity contribution < 1.29 is 0 Å². The van der Waals surface area contributed by atoms with Gasteiger partial charge in [-0.3, -0.25) is 9.97 Å². The Morgan fingerprint density at radius 3 is 1.96 bits per heavy atom. The first kappa shape index (κ1) is 14.1. The highest BCUT2D eigenvalue weighted by Gasteiger charge is 2.13. The number of aromatic nitrogens is 6. The number of rotatable bonds is 3. The van der Waals surface area contributed by atoms with Gasteiger partial charge in [-0.25, -0.2) is 19.9 Å². The minimum absolute atomic E-state index is 0.641. The molecule has 0 aliphatic heterocycles. The molecular formula is C18H12N6. The van der Waals surface area contributed by atoms with Crippen LogP contribution in [0.4, 0.5) is 0 Å². The number of hydrogen-bond donors (Lipinski definition) is 0. The third-order valence-corrected chi connectivity index (χ3v) is 3.54. The van der Waals surface area contributed by atoms with Crippen molar-refractivity contribution in [2.75, 3.05) is 0 Å². The topological polar surface area (TPSA) is 77.3 Å². The van der Waals surface area contributed by atoms with Gasteiger partial charge >= 0.3 is 0 Å². The molecule has 0 spiro atoms. The summed E-state index contributed by atoms with van der Waals surface area (Å²) >= 11 is 0. The average molecular weight is 312 g/mol. The SMILES string of the molecule is c1cc(-c2ncc(-c3ccncn3)c(-c3ccncc3)n2)ccn1. The van der Waals surface area contributed by atoms with Crippen LogP contribution in [0.5, 0.6) is 0 Å². The summed E-state index contributed by atoms with van der Waals surface area (Å²) in [6, 6.07) is 9.45. The lowest BCUT2D eigenvalue weighted by molar-refractivity contribution is 1.14. The van der Waals surface area contributed by atoms with Gasteiger partial charge in [0, 0.05) is 53.9 Å². The zero-order valence-electron chi connectivity index (χ0n) is 12.6. The molecule has 0 radical (unpaired) electrons. The van der Waals surface area contributed by atoms with E-state index in [0.717, 1.165) is 28.1 Å². The summed E-state index contributed by atoms with van der Waals surface area (Å²) < 4.78 is 0. The highest BCUT2D eigenvalue weighted by molar-refractivity contribution is 5.79. The summed E-state index contributed by atoms with van der Waals surface area (Å²) in [5.41, 5.74) is 4.29. The van der Waals surface area contributed by atoms with E-state index in [1.807, 2.05) is 30.3 Å². The van der Waals surface area contributed by atoms with Crippen LogP contribution in [-0.2, 0) is 0 Å². The van der Waals surface area contributed by atoms with E-state index in [9.17, 15) is 0 Å². The second kappa shape index (κ2) is 6.29. The third-order valence-electron chi connectivity index (χ3n) is 3.54. The molecule has 6 heteroatoms. The zero-order chi connectivity index (χ0) is 16.2. The van der Waals surface area contributed by atoms with Crippen LogP contribution in [-0.4, -0.2) is 29.9 Å². The van der Waals surface area contributed by atoms with Gasteiger partial charge in [-0.1, -0.05) is 0 Å². The fraction of sp³-hybridized carbons (Fsp3) is 0. The first-order valence-electron chi connectivity index (χ1n) is 7.36. The Kier molecular flexibility index (Phi) is 3.69. The third kappa shape index (κ3) is 2.72. The molecule has 0 unspecified atom stereocenters. The average Bonchev–Trinajstić information content (AvgIpc) is 2.69. The summed E-state index contributed by atoms with van der Waals surface area (Å²) in [4.78, 5) is 25.7. The standard InChI is InChI=1S/C18H12N6/c1-6-19-7-2-13(1)17-15(16-5-10-21-12-23-16)11-22-18(24-17)14-3-8-20-9-4-14/h1-12H. The van der Waals surface area contributed by atoms with Crippen molar-refractivity contribution in [1.29, 1.82) is 0 Å². The van der Waals surface area contributed by atoms with Gasteiger partial charge in [0.1, 0.15) is 6.33 Å². The molecule has 0 bridgehead atoms. The molecule has 6 nitrogen and oxygen atoms in total. The lowest BCUT2D eigenvalue weighted by Gasteiger charge is -2.10. The summed E-state index contributed by atoms with van der Waals surface area (Å²) in [6.07, 6.45) is 12.0. The Labute approximate surface area is 138 Å². The van der Waals surface area contributed by atoms with Gasteiger partial charge in [-0.05, 0) is 30.3 Å². The minimum atomic E-state index is 0.641. The van der Waals surface area contributed by atoms with Crippen molar-refractivity contribution >= 4 is 0 Å². The molecule has 0 aromatic carbocycles. The Hall–Kier alpha value is -3.54. The molecule has 0 amide bonds. The van der Waals surface area contributed by atoms with Crippen LogP contribution < -0.4 is 0 Å². The van der Waals surface area contributed by atoms with Gasteiger partial charge in [-0.15, -0.1) is 0 Å². The van der Waals surface area contributed by atoms with Gasteiger partial charge in [0.15, 0.2) is 5.82 Å². The molecular weight excluding hydrogens is 300 g/mol. The Bertz CT molecular complexity index is 943. The fourth-order valence-corrected chi connectivity index (χ4v) is 2.39. The maximum absolute atomic E-state index is 4.76. The van der Waals surface area contributed by atoms with Crippen molar-refractivity contribution in [3.63, 3.8) is 0 Å². The van der Waals surface area contributed by atoms with Crippen molar-refractivity contribution in [3.8, 4) is 33.9 Å². The van der Waals surface area contributed by atoms with Crippen LogP contribution in [0.15, 0.2) is 73.8 Å². The van der Waals surface area contributed by atoms with Crippen LogP contribution in [0.3, 0.4) is 0 Å². The Balaban J connectivity index is 1.92. The fourth-order valence-electron chi connectivity index (χ4n) is 2.39. The molecule has 0 aliphatic rings. The highest BCUT2D eigenvalue weighted by Crippen LogP contribution is 2.30. The minimum Gasteiger partial charge on any atom is -0.265 e. The van der Waals surface area contributed by atoms with Gasteiger partial charge in [0.25, 0.3) is 0 Å². The number of nitrogens with zero attached hydrogens (tertiary/aromatic N) is 6. The Morgan fingerprint density at radius 1 is 0.625 bits per heavy atom. The summed E-state index contributed by atoms with van der Waals surface area (Å²) in [5, 5.41) is 0. The van der Waals surface area contributed by atoms with Gasteiger partial charge in [0.05, 0.1) is 11.4 Å². The molecule has 4 heterocycles. The normalized spacial score (nSPS) is 10.5. The van der Waals surface area contributed by atoms with E-state index in [2.05, 4.69) is 24.9 Å². The first-order valence-corrected chi connectivity index (χ1v) is 7.36. The van der Waals surface area contributed by atoms with Gasteiger partial charge in [0.2, 0.25) is 0 Å². The van der Waals surface area contributed by atoms with Crippen LogP contribution in [0, 0.1) is 0 Å². The maximum Gasteiger partial charge on any atom is 0.159 e. The molecule has 0 fully saturated rings. The lowest BCUT2D eigenvalue weighted by Crippen LogP contribution is -1.97. The van der Waals surface area contributed by atoms with Crippen LogP contribution >= 0.6 is 0 Å². The maximum atomic E-state index is 4.76. The monoisotopic (exact) mass is 312 g/mol. The van der Waals surface area contributed by atoms with E-state index < -0.39 is 0 Å². The molecule has 0 aliphatic carbocycles.